The molecule has 32 heavy (non-hydrogen) atoms. The van der Waals surface area contributed by atoms with Crippen LogP contribution in [0.1, 0.15) is 13.8 Å². The van der Waals surface area contributed by atoms with E-state index in [0.29, 0.717) is 31.6 Å². The van der Waals surface area contributed by atoms with Gasteiger partial charge in [0.05, 0.1) is 8.95 Å². The average molecular weight is 572 g/mol. The van der Waals surface area contributed by atoms with Crippen LogP contribution >= 0.6 is 31.9 Å². The molecule has 0 unspecified atom stereocenters. The second kappa shape index (κ2) is 11.8. The fourth-order valence-corrected chi connectivity index (χ4v) is 4.04. The summed E-state index contributed by atoms with van der Waals surface area (Å²) in [6.07, 6.45) is 6.99. The van der Waals surface area contributed by atoms with E-state index >= 15 is 0 Å². The van der Waals surface area contributed by atoms with Crippen LogP contribution in [-0.2, 0) is 4.79 Å². The van der Waals surface area contributed by atoms with Crippen molar-refractivity contribution in [3.8, 4) is 0 Å². The molecule has 2 aromatic heterocycles. The first-order valence-electron chi connectivity index (χ1n) is 10.5. The Balaban J connectivity index is 0.000000186. The smallest absolute Gasteiger partial charge is 0.248 e. The Labute approximate surface area is 204 Å². The maximum atomic E-state index is 11.4. The van der Waals surface area contributed by atoms with Gasteiger partial charge in [0.2, 0.25) is 17.8 Å². The van der Waals surface area contributed by atoms with Crippen LogP contribution in [0.15, 0.2) is 33.7 Å². The molecule has 2 aliphatic heterocycles. The summed E-state index contributed by atoms with van der Waals surface area (Å²) in [5.41, 5.74) is 0. The maximum Gasteiger partial charge on any atom is 0.248 e. The van der Waals surface area contributed by atoms with Crippen molar-refractivity contribution in [3.63, 3.8) is 0 Å². The van der Waals surface area contributed by atoms with Crippen LogP contribution < -0.4 is 15.1 Å². The SMILES string of the molecule is C[C@H]1CN(C(=O)CO)CCN1c1ncc(Br)cn1.C[C@H]1CNCCN1c1ncc(Br)cn1. The molecule has 4 rings (SSSR count). The zero-order valence-electron chi connectivity index (χ0n) is 18.2. The highest BCUT2D eigenvalue weighted by molar-refractivity contribution is 9.10. The minimum Gasteiger partial charge on any atom is -0.387 e. The molecule has 1 amide bonds. The van der Waals surface area contributed by atoms with E-state index in [1.165, 1.54) is 0 Å². The second-order valence-corrected chi connectivity index (χ2v) is 9.52. The second-order valence-electron chi connectivity index (χ2n) is 7.69. The third kappa shape index (κ3) is 6.56. The van der Waals surface area contributed by atoms with Gasteiger partial charge in [-0.1, -0.05) is 0 Å². The third-order valence-electron chi connectivity index (χ3n) is 5.34. The average Bonchev–Trinajstić information content (AvgIpc) is 2.81. The van der Waals surface area contributed by atoms with Gasteiger partial charge in [-0.2, -0.15) is 0 Å². The predicted octanol–water partition coefficient (Wildman–Crippen LogP) is 1.31. The molecule has 2 N–H and O–H groups in total. The lowest BCUT2D eigenvalue weighted by Gasteiger charge is -2.39. The van der Waals surface area contributed by atoms with Gasteiger partial charge in [0.15, 0.2) is 0 Å². The summed E-state index contributed by atoms with van der Waals surface area (Å²) < 4.78 is 1.76. The molecule has 0 saturated carbocycles. The summed E-state index contributed by atoms with van der Waals surface area (Å²) in [5.74, 6) is 1.27. The van der Waals surface area contributed by atoms with Crippen molar-refractivity contribution in [1.29, 1.82) is 0 Å². The molecule has 0 spiro atoms. The van der Waals surface area contributed by atoms with Crippen molar-refractivity contribution in [3.05, 3.63) is 33.7 Å². The number of carbonyl (C=O) groups is 1. The molecule has 0 aromatic carbocycles. The number of anilines is 2. The highest BCUT2D eigenvalue weighted by atomic mass is 79.9. The number of aliphatic hydroxyl groups excluding tert-OH is 1. The molecule has 12 heteroatoms. The van der Waals surface area contributed by atoms with Crippen LogP contribution in [0, 0.1) is 0 Å². The number of hydrogen-bond donors (Lipinski definition) is 2. The monoisotopic (exact) mass is 570 g/mol. The molecule has 0 aliphatic carbocycles. The molecule has 4 heterocycles. The number of piperazine rings is 2. The molecule has 10 nitrogen and oxygen atoms in total. The molecular formula is C20H28Br2N8O2. The van der Waals surface area contributed by atoms with Gasteiger partial charge < -0.3 is 25.1 Å². The fraction of sp³-hybridized carbons (Fsp3) is 0.550. The summed E-state index contributed by atoms with van der Waals surface area (Å²) in [6.45, 7) is 8.59. The molecular weight excluding hydrogens is 544 g/mol. The molecule has 2 aliphatic rings. The van der Waals surface area contributed by atoms with E-state index in [1.54, 1.807) is 29.7 Å². The Kier molecular flexibility index (Phi) is 9.14. The van der Waals surface area contributed by atoms with Crippen molar-refractivity contribution < 1.29 is 9.90 Å². The van der Waals surface area contributed by atoms with Crippen LogP contribution in [0.25, 0.3) is 0 Å². The number of amides is 1. The van der Waals surface area contributed by atoms with E-state index < -0.39 is 6.61 Å². The Morgan fingerprint density at radius 1 is 0.969 bits per heavy atom. The van der Waals surface area contributed by atoms with Crippen molar-refractivity contribution in [2.45, 2.75) is 25.9 Å². The van der Waals surface area contributed by atoms with Crippen molar-refractivity contribution >= 4 is 49.7 Å². The first kappa shape index (κ1) is 24.7. The molecule has 2 fully saturated rings. The normalized spacial score (nSPS) is 21.1. The molecule has 0 radical (unpaired) electrons. The summed E-state index contributed by atoms with van der Waals surface area (Å²) >= 11 is 6.63. The van der Waals surface area contributed by atoms with Gasteiger partial charge in [0, 0.05) is 76.1 Å². The van der Waals surface area contributed by atoms with E-state index in [-0.39, 0.29) is 11.9 Å². The van der Waals surface area contributed by atoms with E-state index in [0.717, 1.165) is 34.5 Å². The van der Waals surface area contributed by atoms with E-state index in [1.807, 2.05) is 6.92 Å². The number of rotatable bonds is 3. The van der Waals surface area contributed by atoms with Gasteiger partial charge in [-0.05, 0) is 45.7 Å². The van der Waals surface area contributed by atoms with Crippen LogP contribution in [-0.4, -0.2) is 93.8 Å². The fourth-order valence-electron chi connectivity index (χ4n) is 3.63. The van der Waals surface area contributed by atoms with Crippen molar-refractivity contribution in [2.75, 3.05) is 55.7 Å². The van der Waals surface area contributed by atoms with E-state index in [9.17, 15) is 4.79 Å². The third-order valence-corrected chi connectivity index (χ3v) is 6.16. The Hall–Kier alpha value is -1.89. The van der Waals surface area contributed by atoms with Gasteiger partial charge in [0.1, 0.15) is 6.61 Å². The first-order valence-corrected chi connectivity index (χ1v) is 12.1. The lowest BCUT2D eigenvalue weighted by atomic mass is 10.2. The highest BCUT2D eigenvalue weighted by Crippen LogP contribution is 2.17. The summed E-state index contributed by atoms with van der Waals surface area (Å²) in [7, 11) is 0. The topological polar surface area (TPSA) is 111 Å². The Morgan fingerprint density at radius 3 is 1.97 bits per heavy atom. The van der Waals surface area contributed by atoms with Crippen LogP contribution in [0.2, 0.25) is 0 Å². The number of aromatic nitrogens is 4. The van der Waals surface area contributed by atoms with Crippen LogP contribution in [0.3, 0.4) is 0 Å². The van der Waals surface area contributed by atoms with Crippen molar-refractivity contribution in [2.24, 2.45) is 0 Å². The minimum atomic E-state index is -0.429. The zero-order chi connectivity index (χ0) is 23.1. The van der Waals surface area contributed by atoms with Gasteiger partial charge >= 0.3 is 0 Å². The lowest BCUT2D eigenvalue weighted by Crippen LogP contribution is -2.54. The van der Waals surface area contributed by atoms with Gasteiger partial charge in [-0.15, -0.1) is 0 Å². The summed E-state index contributed by atoms with van der Waals surface area (Å²) in [4.78, 5) is 34.5. The van der Waals surface area contributed by atoms with Crippen LogP contribution in [0.4, 0.5) is 11.9 Å². The number of nitrogens with one attached hydrogen (secondary N) is 1. The Morgan fingerprint density at radius 2 is 1.50 bits per heavy atom. The Bertz CT molecular complexity index is 871. The van der Waals surface area contributed by atoms with Crippen LogP contribution in [0.5, 0.6) is 0 Å². The summed E-state index contributed by atoms with van der Waals surface area (Å²) in [6, 6.07) is 0.598. The molecule has 2 atom stereocenters. The number of nitrogens with zero attached hydrogens (tertiary/aromatic N) is 7. The highest BCUT2D eigenvalue weighted by Gasteiger charge is 2.27. The van der Waals surface area contributed by atoms with E-state index in [2.05, 4.69) is 73.8 Å². The summed E-state index contributed by atoms with van der Waals surface area (Å²) in [5, 5.41) is 12.2. The van der Waals surface area contributed by atoms with Crippen molar-refractivity contribution in [1.82, 2.24) is 30.2 Å². The predicted molar refractivity (Wildman–Crippen MR) is 130 cm³/mol. The lowest BCUT2D eigenvalue weighted by molar-refractivity contribution is -0.134. The first-order chi connectivity index (χ1) is 15.4. The molecule has 2 saturated heterocycles. The molecule has 0 bridgehead atoms. The van der Waals surface area contributed by atoms with Gasteiger partial charge in [-0.3, -0.25) is 4.79 Å². The number of aliphatic hydroxyl groups is 1. The maximum absolute atomic E-state index is 11.4. The quantitative estimate of drug-likeness (QED) is 0.563. The molecule has 2 aromatic rings. The largest absolute Gasteiger partial charge is 0.387 e. The number of hydrogen-bond acceptors (Lipinski definition) is 9. The van der Waals surface area contributed by atoms with Gasteiger partial charge in [-0.25, -0.2) is 19.9 Å². The van der Waals surface area contributed by atoms with E-state index in [4.69, 9.17) is 5.11 Å². The number of carbonyl (C=O) groups excluding carboxylic acids is 1. The zero-order valence-corrected chi connectivity index (χ0v) is 21.3. The number of halogens is 2. The molecule has 174 valence electrons. The van der Waals surface area contributed by atoms with Gasteiger partial charge in [0.25, 0.3) is 0 Å². The standard InChI is InChI=1S/C11H15BrN4O2.C9H13BrN4/c1-8-6-15(10(18)7-17)2-3-16(8)11-13-4-9(12)5-14-11;1-7-4-11-2-3-14(7)9-12-5-8(10)6-13-9/h4-5,8,17H,2-3,6-7H2,1H3;5-7,11H,2-4H2,1H3/t8-;7-/m00/s1. The minimum absolute atomic E-state index is 0.135.